The Balaban J connectivity index is 1.78. The largest absolute Gasteiger partial charge is 0.292 e. The highest BCUT2D eigenvalue weighted by Gasteiger charge is 2.12. The van der Waals surface area contributed by atoms with Crippen LogP contribution in [0.4, 0.5) is 4.39 Å². The minimum Gasteiger partial charge on any atom is -0.292 e. The van der Waals surface area contributed by atoms with E-state index in [1.54, 1.807) is 12.1 Å². The van der Waals surface area contributed by atoms with Gasteiger partial charge < -0.3 is 0 Å². The molecule has 0 radical (unpaired) electrons. The lowest BCUT2D eigenvalue weighted by Gasteiger charge is -1.99. The van der Waals surface area contributed by atoms with Gasteiger partial charge in [-0.15, -0.1) is 5.10 Å². The fourth-order valence-corrected chi connectivity index (χ4v) is 2.00. The van der Waals surface area contributed by atoms with E-state index in [4.69, 9.17) is 0 Å². The van der Waals surface area contributed by atoms with Gasteiger partial charge in [0.1, 0.15) is 11.5 Å². The van der Waals surface area contributed by atoms with Crippen molar-refractivity contribution in [2.45, 2.75) is 6.42 Å². The van der Waals surface area contributed by atoms with Crippen molar-refractivity contribution < 1.29 is 9.18 Å². The van der Waals surface area contributed by atoms with E-state index in [0.29, 0.717) is 5.56 Å². The first-order chi connectivity index (χ1) is 10.2. The fourth-order valence-electron chi connectivity index (χ4n) is 2.00. The molecule has 0 N–H and O–H groups in total. The first-order valence-electron chi connectivity index (χ1n) is 6.48. The molecule has 104 valence electrons. The maximum Gasteiger partial charge on any atom is 0.189 e. The topological polar surface area (TPSA) is 47.8 Å². The molecule has 4 nitrogen and oxygen atoms in total. The van der Waals surface area contributed by atoms with Gasteiger partial charge in [0, 0.05) is 6.42 Å². The summed E-state index contributed by atoms with van der Waals surface area (Å²) in [6.07, 6.45) is 1.53. The summed E-state index contributed by atoms with van der Waals surface area (Å²) < 4.78 is 13.1. The summed E-state index contributed by atoms with van der Waals surface area (Å²) in [5, 5.41) is 8.24. The quantitative estimate of drug-likeness (QED) is 0.691. The number of nitrogens with zero attached hydrogens (tertiary/aromatic N) is 3. The van der Waals surface area contributed by atoms with Crippen LogP contribution >= 0.6 is 0 Å². The standard InChI is InChI=1S/C16H12FN3O/c17-13-6-4-5-12(9-13)10-16(21)15-11-18-20(19-15)14-7-2-1-3-8-14/h1-9,11H,10H2. The van der Waals surface area contributed by atoms with Gasteiger partial charge in [0.15, 0.2) is 5.78 Å². The van der Waals surface area contributed by atoms with Crippen LogP contribution in [-0.2, 0) is 6.42 Å². The van der Waals surface area contributed by atoms with Gasteiger partial charge in [-0.05, 0) is 29.8 Å². The first kappa shape index (κ1) is 13.2. The Hall–Kier alpha value is -2.82. The van der Waals surface area contributed by atoms with Gasteiger partial charge in [-0.1, -0.05) is 30.3 Å². The predicted molar refractivity (Wildman–Crippen MR) is 75.8 cm³/mol. The molecule has 0 bridgehead atoms. The third-order valence-electron chi connectivity index (χ3n) is 3.02. The van der Waals surface area contributed by atoms with Crippen molar-refractivity contribution in [3.8, 4) is 5.69 Å². The molecular weight excluding hydrogens is 269 g/mol. The molecule has 21 heavy (non-hydrogen) atoms. The molecule has 1 aromatic heterocycles. The molecule has 3 aromatic rings. The summed E-state index contributed by atoms with van der Waals surface area (Å²) in [4.78, 5) is 13.5. The highest BCUT2D eigenvalue weighted by atomic mass is 19.1. The van der Waals surface area contributed by atoms with E-state index in [9.17, 15) is 9.18 Å². The van der Waals surface area contributed by atoms with Crippen LogP contribution in [0.5, 0.6) is 0 Å². The van der Waals surface area contributed by atoms with Crippen LogP contribution in [0.15, 0.2) is 60.8 Å². The molecule has 0 fully saturated rings. The molecule has 0 atom stereocenters. The van der Waals surface area contributed by atoms with Gasteiger partial charge in [0.25, 0.3) is 0 Å². The summed E-state index contributed by atoms with van der Waals surface area (Å²) in [7, 11) is 0. The SMILES string of the molecule is O=C(Cc1cccc(F)c1)c1cnn(-c2ccccc2)n1. The van der Waals surface area contributed by atoms with Gasteiger partial charge in [-0.2, -0.15) is 9.90 Å². The number of halogens is 1. The van der Waals surface area contributed by atoms with Crippen molar-refractivity contribution in [2.75, 3.05) is 0 Å². The number of aromatic nitrogens is 3. The number of Topliss-reactive ketones (excluding diaryl/α,β-unsaturated/α-hetero) is 1. The minimum atomic E-state index is -0.353. The third kappa shape index (κ3) is 3.02. The van der Waals surface area contributed by atoms with Crippen molar-refractivity contribution in [1.29, 1.82) is 0 Å². The van der Waals surface area contributed by atoms with E-state index < -0.39 is 0 Å². The Morgan fingerprint density at radius 3 is 2.67 bits per heavy atom. The fraction of sp³-hybridized carbons (Fsp3) is 0.0625. The second kappa shape index (κ2) is 5.66. The predicted octanol–water partition coefficient (Wildman–Crippen LogP) is 2.83. The number of carbonyl (C=O) groups excluding carboxylic acids is 1. The summed E-state index contributed by atoms with van der Waals surface area (Å²) in [6, 6.07) is 15.3. The van der Waals surface area contributed by atoms with Crippen LogP contribution < -0.4 is 0 Å². The molecule has 3 rings (SSSR count). The van der Waals surface area contributed by atoms with Crippen LogP contribution in [0.25, 0.3) is 5.69 Å². The molecule has 0 unspecified atom stereocenters. The first-order valence-corrected chi connectivity index (χ1v) is 6.48. The Morgan fingerprint density at radius 2 is 1.90 bits per heavy atom. The molecule has 0 aliphatic rings. The van der Waals surface area contributed by atoms with E-state index in [1.807, 2.05) is 30.3 Å². The molecule has 5 heteroatoms. The number of hydrogen-bond donors (Lipinski definition) is 0. The summed E-state index contributed by atoms with van der Waals surface area (Å²) in [5.74, 6) is -0.545. The zero-order valence-corrected chi connectivity index (χ0v) is 11.1. The smallest absolute Gasteiger partial charge is 0.189 e. The molecule has 2 aromatic carbocycles. The van der Waals surface area contributed by atoms with E-state index in [0.717, 1.165) is 5.69 Å². The minimum absolute atomic E-state index is 0.102. The van der Waals surface area contributed by atoms with Crippen molar-refractivity contribution >= 4 is 5.78 Å². The van der Waals surface area contributed by atoms with Crippen LogP contribution in [0.2, 0.25) is 0 Å². The number of carbonyl (C=O) groups is 1. The van der Waals surface area contributed by atoms with E-state index in [1.165, 1.54) is 23.1 Å². The Labute approximate surface area is 120 Å². The summed E-state index contributed by atoms with van der Waals surface area (Å²) in [5.41, 5.74) is 1.67. The second-order valence-electron chi connectivity index (χ2n) is 4.58. The molecule has 0 amide bonds. The number of rotatable bonds is 4. The zero-order valence-electron chi connectivity index (χ0n) is 11.1. The normalized spacial score (nSPS) is 10.5. The summed E-state index contributed by atoms with van der Waals surface area (Å²) in [6.45, 7) is 0. The lowest BCUT2D eigenvalue weighted by Crippen LogP contribution is -2.06. The zero-order chi connectivity index (χ0) is 14.7. The van der Waals surface area contributed by atoms with E-state index >= 15 is 0 Å². The van der Waals surface area contributed by atoms with E-state index in [-0.39, 0.29) is 23.7 Å². The molecule has 0 saturated heterocycles. The van der Waals surface area contributed by atoms with Gasteiger partial charge >= 0.3 is 0 Å². The van der Waals surface area contributed by atoms with Crippen molar-refractivity contribution in [2.24, 2.45) is 0 Å². The highest BCUT2D eigenvalue weighted by Crippen LogP contribution is 2.09. The molecule has 1 heterocycles. The van der Waals surface area contributed by atoms with Gasteiger partial charge in [-0.25, -0.2) is 4.39 Å². The Morgan fingerprint density at radius 1 is 1.10 bits per heavy atom. The Kier molecular flexibility index (Phi) is 3.55. The average molecular weight is 281 g/mol. The molecule has 0 aliphatic heterocycles. The highest BCUT2D eigenvalue weighted by molar-refractivity contribution is 5.95. The Bertz CT molecular complexity index is 768. The number of benzene rings is 2. The van der Waals surface area contributed by atoms with Crippen LogP contribution in [0.1, 0.15) is 16.1 Å². The van der Waals surface area contributed by atoms with E-state index in [2.05, 4.69) is 10.2 Å². The van der Waals surface area contributed by atoms with Crippen molar-refractivity contribution in [3.05, 3.63) is 77.9 Å². The molecule has 0 aliphatic carbocycles. The van der Waals surface area contributed by atoms with Gasteiger partial charge in [0.2, 0.25) is 0 Å². The van der Waals surface area contributed by atoms with Crippen molar-refractivity contribution in [3.63, 3.8) is 0 Å². The number of ketones is 1. The van der Waals surface area contributed by atoms with Gasteiger partial charge in [-0.3, -0.25) is 4.79 Å². The maximum absolute atomic E-state index is 13.1. The van der Waals surface area contributed by atoms with Crippen molar-refractivity contribution in [1.82, 2.24) is 15.0 Å². The van der Waals surface area contributed by atoms with Crippen LogP contribution in [-0.4, -0.2) is 20.8 Å². The van der Waals surface area contributed by atoms with Crippen LogP contribution in [0, 0.1) is 5.82 Å². The average Bonchev–Trinajstić information content (AvgIpc) is 2.98. The number of hydrogen-bond acceptors (Lipinski definition) is 3. The second-order valence-corrected chi connectivity index (χ2v) is 4.58. The molecule has 0 spiro atoms. The third-order valence-corrected chi connectivity index (χ3v) is 3.02. The lowest BCUT2D eigenvalue weighted by molar-refractivity contribution is 0.0988. The van der Waals surface area contributed by atoms with Crippen LogP contribution in [0.3, 0.4) is 0 Å². The summed E-state index contributed by atoms with van der Waals surface area (Å²) >= 11 is 0. The molecule has 0 saturated carbocycles. The van der Waals surface area contributed by atoms with Gasteiger partial charge in [0.05, 0.1) is 11.9 Å². The lowest BCUT2D eigenvalue weighted by atomic mass is 10.1. The number of para-hydroxylation sites is 1. The monoisotopic (exact) mass is 281 g/mol. The maximum atomic E-state index is 13.1. The molecular formula is C16H12FN3O.